The number of nitrogens with zero attached hydrogens (tertiary/aromatic N) is 2. The van der Waals surface area contributed by atoms with E-state index in [1.54, 1.807) is 24.3 Å². The molecule has 0 aliphatic carbocycles. The van der Waals surface area contributed by atoms with Gasteiger partial charge < -0.3 is 4.74 Å². The van der Waals surface area contributed by atoms with Gasteiger partial charge in [0.2, 0.25) is 5.78 Å². The van der Waals surface area contributed by atoms with Crippen molar-refractivity contribution in [1.82, 2.24) is 9.55 Å². The molecule has 27 heavy (non-hydrogen) atoms. The molecular formula is C21H20N2O4. The van der Waals surface area contributed by atoms with Crippen molar-refractivity contribution in [2.75, 3.05) is 6.61 Å². The van der Waals surface area contributed by atoms with Crippen LogP contribution in [0.15, 0.2) is 53.6 Å². The van der Waals surface area contributed by atoms with Crippen LogP contribution in [0.5, 0.6) is 0 Å². The SMILES string of the molecule is Cc1ccc(C)c(C(=O)COC(=O)CCn2cnc3ccccc3c2=O)c1. The molecule has 3 rings (SSSR count). The summed E-state index contributed by atoms with van der Waals surface area (Å²) in [6.45, 7) is 3.58. The number of ketones is 1. The summed E-state index contributed by atoms with van der Waals surface area (Å²) < 4.78 is 6.45. The van der Waals surface area contributed by atoms with Crippen LogP contribution in [-0.2, 0) is 16.1 Å². The van der Waals surface area contributed by atoms with Gasteiger partial charge in [0.25, 0.3) is 5.56 Å². The Kier molecular flexibility index (Phi) is 5.45. The quantitative estimate of drug-likeness (QED) is 0.496. The van der Waals surface area contributed by atoms with Crippen molar-refractivity contribution in [2.45, 2.75) is 26.8 Å². The van der Waals surface area contributed by atoms with E-state index in [0.717, 1.165) is 11.1 Å². The monoisotopic (exact) mass is 364 g/mol. The summed E-state index contributed by atoms with van der Waals surface area (Å²) in [4.78, 5) is 40.8. The molecule has 0 aliphatic heterocycles. The molecule has 0 fully saturated rings. The number of para-hydroxylation sites is 1. The van der Waals surface area contributed by atoms with Gasteiger partial charge >= 0.3 is 5.97 Å². The molecular weight excluding hydrogens is 344 g/mol. The molecule has 0 saturated heterocycles. The molecule has 0 saturated carbocycles. The molecule has 1 aromatic heterocycles. The Morgan fingerprint density at radius 2 is 1.89 bits per heavy atom. The van der Waals surface area contributed by atoms with Crippen LogP contribution in [0.4, 0.5) is 0 Å². The number of Topliss-reactive ketones (excluding diaryl/α,β-unsaturated/α-hetero) is 1. The minimum absolute atomic E-state index is 0.0139. The van der Waals surface area contributed by atoms with E-state index in [-0.39, 0.29) is 30.9 Å². The highest BCUT2D eigenvalue weighted by molar-refractivity contribution is 5.99. The van der Waals surface area contributed by atoms with Gasteiger partial charge in [0.15, 0.2) is 6.61 Å². The molecule has 0 radical (unpaired) electrons. The van der Waals surface area contributed by atoms with Crippen molar-refractivity contribution in [3.8, 4) is 0 Å². The van der Waals surface area contributed by atoms with Gasteiger partial charge in [-0.05, 0) is 37.6 Å². The number of esters is 1. The number of fused-ring (bicyclic) bond motifs is 1. The predicted molar refractivity (Wildman–Crippen MR) is 102 cm³/mol. The second-order valence-electron chi connectivity index (χ2n) is 6.41. The summed E-state index contributed by atoms with van der Waals surface area (Å²) in [6, 6.07) is 12.6. The Labute approximate surface area is 156 Å². The van der Waals surface area contributed by atoms with Crippen molar-refractivity contribution in [1.29, 1.82) is 0 Å². The smallest absolute Gasteiger partial charge is 0.308 e. The average molecular weight is 364 g/mol. The second kappa shape index (κ2) is 7.95. The molecule has 3 aromatic rings. The molecule has 1 heterocycles. The van der Waals surface area contributed by atoms with E-state index >= 15 is 0 Å². The lowest BCUT2D eigenvalue weighted by Crippen LogP contribution is -2.23. The molecule has 2 aromatic carbocycles. The molecule has 0 N–H and O–H groups in total. The summed E-state index contributed by atoms with van der Waals surface area (Å²) >= 11 is 0. The van der Waals surface area contributed by atoms with E-state index in [0.29, 0.717) is 16.5 Å². The van der Waals surface area contributed by atoms with Crippen molar-refractivity contribution >= 4 is 22.7 Å². The third kappa shape index (κ3) is 4.28. The van der Waals surface area contributed by atoms with E-state index in [2.05, 4.69) is 4.98 Å². The van der Waals surface area contributed by atoms with Crippen LogP contribution in [0.1, 0.15) is 27.9 Å². The first-order valence-electron chi connectivity index (χ1n) is 8.66. The highest BCUT2D eigenvalue weighted by Gasteiger charge is 2.13. The fraction of sp³-hybridized carbons (Fsp3) is 0.238. The molecule has 0 amide bonds. The lowest BCUT2D eigenvalue weighted by Gasteiger charge is -2.09. The number of hydrogen-bond acceptors (Lipinski definition) is 5. The van der Waals surface area contributed by atoms with Crippen molar-refractivity contribution in [3.63, 3.8) is 0 Å². The number of benzene rings is 2. The zero-order chi connectivity index (χ0) is 19.4. The number of rotatable bonds is 6. The molecule has 0 unspecified atom stereocenters. The molecule has 6 nitrogen and oxygen atoms in total. The predicted octanol–water partition coefficient (Wildman–Crippen LogP) is 2.83. The van der Waals surface area contributed by atoms with Gasteiger partial charge in [0, 0.05) is 12.1 Å². The van der Waals surface area contributed by atoms with Gasteiger partial charge in [0.05, 0.1) is 23.7 Å². The van der Waals surface area contributed by atoms with E-state index in [4.69, 9.17) is 4.74 Å². The number of aromatic nitrogens is 2. The maximum atomic E-state index is 12.4. The fourth-order valence-corrected chi connectivity index (χ4v) is 2.81. The van der Waals surface area contributed by atoms with Crippen LogP contribution in [-0.4, -0.2) is 27.9 Å². The van der Waals surface area contributed by atoms with Crippen molar-refractivity contribution in [2.24, 2.45) is 0 Å². The van der Waals surface area contributed by atoms with Gasteiger partial charge in [-0.15, -0.1) is 0 Å². The molecule has 138 valence electrons. The van der Waals surface area contributed by atoms with Gasteiger partial charge in [-0.2, -0.15) is 0 Å². The third-order valence-corrected chi connectivity index (χ3v) is 4.35. The van der Waals surface area contributed by atoms with E-state index in [9.17, 15) is 14.4 Å². The summed E-state index contributed by atoms with van der Waals surface area (Å²) in [5.41, 5.74) is 2.77. The van der Waals surface area contributed by atoms with Gasteiger partial charge in [0.1, 0.15) is 0 Å². The first-order valence-corrected chi connectivity index (χ1v) is 8.66. The molecule has 0 bridgehead atoms. The lowest BCUT2D eigenvalue weighted by atomic mass is 10.0. The Bertz CT molecular complexity index is 1070. The lowest BCUT2D eigenvalue weighted by molar-refractivity contribution is -0.142. The summed E-state index contributed by atoms with van der Waals surface area (Å²) in [7, 11) is 0. The number of carbonyl (C=O) groups is 2. The third-order valence-electron chi connectivity index (χ3n) is 4.35. The van der Waals surface area contributed by atoms with Crippen molar-refractivity contribution in [3.05, 3.63) is 75.8 Å². The first kappa shape index (κ1) is 18.5. The fourth-order valence-electron chi connectivity index (χ4n) is 2.81. The van der Waals surface area contributed by atoms with Gasteiger partial charge in [-0.1, -0.05) is 29.8 Å². The second-order valence-corrected chi connectivity index (χ2v) is 6.41. The van der Waals surface area contributed by atoms with Crippen LogP contribution in [0.2, 0.25) is 0 Å². The zero-order valence-corrected chi connectivity index (χ0v) is 15.3. The highest BCUT2D eigenvalue weighted by atomic mass is 16.5. The molecule has 0 aliphatic rings. The molecule has 0 atom stereocenters. The van der Waals surface area contributed by atoms with Crippen LogP contribution in [0.25, 0.3) is 10.9 Å². The van der Waals surface area contributed by atoms with Crippen LogP contribution in [0.3, 0.4) is 0 Å². The van der Waals surface area contributed by atoms with Gasteiger partial charge in [-0.3, -0.25) is 19.0 Å². The highest BCUT2D eigenvalue weighted by Crippen LogP contribution is 2.12. The van der Waals surface area contributed by atoms with Crippen molar-refractivity contribution < 1.29 is 14.3 Å². The standard InChI is InChI=1S/C21H20N2O4/c1-14-7-8-15(2)17(11-14)19(24)12-27-20(25)9-10-23-13-22-18-6-4-3-5-16(18)21(23)26/h3-8,11,13H,9-10,12H2,1-2H3. The number of carbonyl (C=O) groups excluding carboxylic acids is 2. The first-order chi connectivity index (χ1) is 13.0. The topological polar surface area (TPSA) is 78.3 Å². The Balaban J connectivity index is 1.59. The van der Waals surface area contributed by atoms with Crippen LogP contribution < -0.4 is 5.56 Å². The van der Waals surface area contributed by atoms with E-state index in [1.165, 1.54) is 10.9 Å². The zero-order valence-electron chi connectivity index (χ0n) is 15.3. The average Bonchev–Trinajstić information content (AvgIpc) is 2.67. The van der Waals surface area contributed by atoms with E-state index < -0.39 is 5.97 Å². The van der Waals surface area contributed by atoms with Crippen LogP contribution >= 0.6 is 0 Å². The maximum Gasteiger partial charge on any atom is 0.308 e. The minimum Gasteiger partial charge on any atom is -0.457 e. The normalized spacial score (nSPS) is 10.7. The number of aryl methyl sites for hydroxylation is 3. The Morgan fingerprint density at radius 1 is 1.11 bits per heavy atom. The molecule has 0 spiro atoms. The van der Waals surface area contributed by atoms with E-state index in [1.807, 2.05) is 32.0 Å². The van der Waals surface area contributed by atoms with Gasteiger partial charge in [-0.25, -0.2) is 4.98 Å². The summed E-state index contributed by atoms with van der Waals surface area (Å²) in [5.74, 6) is -0.775. The van der Waals surface area contributed by atoms with Crippen LogP contribution in [0, 0.1) is 13.8 Å². The largest absolute Gasteiger partial charge is 0.457 e. The maximum absolute atomic E-state index is 12.4. The number of hydrogen-bond donors (Lipinski definition) is 0. The Hall–Kier alpha value is -3.28. The molecule has 6 heteroatoms. The summed E-state index contributed by atoms with van der Waals surface area (Å²) in [5, 5.41) is 0.499. The Morgan fingerprint density at radius 3 is 2.70 bits per heavy atom. The number of ether oxygens (including phenoxy) is 1. The summed E-state index contributed by atoms with van der Waals surface area (Å²) in [6.07, 6.45) is 1.40. The minimum atomic E-state index is -0.534.